The van der Waals surface area contributed by atoms with E-state index in [1.807, 2.05) is 36.4 Å². The number of hydrogen-bond donors (Lipinski definition) is 1. The number of nitriles is 1. The average molecular weight is 367 g/mol. The third-order valence-electron chi connectivity index (χ3n) is 4.51. The van der Waals surface area contributed by atoms with Crippen molar-refractivity contribution in [1.82, 2.24) is 0 Å². The molecule has 0 spiro atoms. The standard InChI is InChI=1S/C20H15ClN2OS/c1-2-11-4-3-5-14-17-19(25-18(11)14)16(15(10-22)20(23)24-17)12-6-8-13(21)9-7-12/h3-9,16H,2,23H2,1H3. The summed E-state index contributed by atoms with van der Waals surface area (Å²) in [6.45, 7) is 2.14. The van der Waals surface area contributed by atoms with Crippen LogP contribution < -0.4 is 10.5 Å². The van der Waals surface area contributed by atoms with Gasteiger partial charge in [-0.05, 0) is 35.7 Å². The van der Waals surface area contributed by atoms with E-state index in [2.05, 4.69) is 19.1 Å². The van der Waals surface area contributed by atoms with E-state index in [-0.39, 0.29) is 11.8 Å². The monoisotopic (exact) mass is 366 g/mol. The van der Waals surface area contributed by atoms with Gasteiger partial charge in [-0.25, -0.2) is 0 Å². The van der Waals surface area contributed by atoms with Gasteiger partial charge >= 0.3 is 0 Å². The number of ether oxygens (including phenoxy) is 1. The minimum absolute atomic E-state index is 0.177. The fourth-order valence-corrected chi connectivity index (χ4v) is 4.85. The first-order chi connectivity index (χ1) is 12.1. The number of aryl methyl sites for hydroxylation is 1. The number of thiophene rings is 1. The fraction of sp³-hybridized carbons (Fsp3) is 0.150. The van der Waals surface area contributed by atoms with Crippen molar-refractivity contribution < 1.29 is 4.74 Å². The first-order valence-electron chi connectivity index (χ1n) is 8.01. The van der Waals surface area contributed by atoms with Gasteiger partial charge in [-0.1, -0.05) is 42.8 Å². The zero-order valence-electron chi connectivity index (χ0n) is 13.5. The quantitative estimate of drug-likeness (QED) is 0.666. The third-order valence-corrected chi connectivity index (χ3v) is 6.09. The predicted octanol–water partition coefficient (Wildman–Crippen LogP) is 5.34. The molecule has 0 radical (unpaired) electrons. The Bertz CT molecular complexity index is 1040. The molecule has 5 heteroatoms. The highest BCUT2D eigenvalue weighted by molar-refractivity contribution is 7.19. The number of allylic oxidation sites excluding steroid dienone is 1. The molecule has 0 saturated carbocycles. The Labute approximate surface area is 154 Å². The van der Waals surface area contributed by atoms with Crippen LogP contribution in [-0.4, -0.2) is 0 Å². The van der Waals surface area contributed by atoms with Crippen LogP contribution in [0, 0.1) is 11.3 Å². The predicted molar refractivity (Wildman–Crippen MR) is 102 cm³/mol. The fourth-order valence-electron chi connectivity index (χ4n) is 3.28. The second-order valence-electron chi connectivity index (χ2n) is 5.92. The van der Waals surface area contributed by atoms with Crippen LogP contribution in [0.4, 0.5) is 0 Å². The lowest BCUT2D eigenvalue weighted by Crippen LogP contribution is -2.19. The lowest BCUT2D eigenvalue weighted by Gasteiger charge is -2.23. The van der Waals surface area contributed by atoms with E-state index >= 15 is 0 Å². The van der Waals surface area contributed by atoms with Gasteiger partial charge < -0.3 is 10.5 Å². The molecule has 0 fully saturated rings. The molecule has 3 nitrogen and oxygen atoms in total. The van der Waals surface area contributed by atoms with E-state index in [9.17, 15) is 5.26 Å². The van der Waals surface area contributed by atoms with Crippen LogP contribution in [0.15, 0.2) is 53.9 Å². The van der Waals surface area contributed by atoms with E-state index in [0.29, 0.717) is 10.6 Å². The smallest absolute Gasteiger partial charge is 0.205 e. The highest BCUT2D eigenvalue weighted by atomic mass is 35.5. The Morgan fingerprint density at radius 1 is 1.24 bits per heavy atom. The molecule has 1 aromatic heterocycles. The van der Waals surface area contributed by atoms with Gasteiger partial charge in [0.25, 0.3) is 0 Å². The maximum absolute atomic E-state index is 9.66. The molecule has 2 N–H and O–H groups in total. The summed E-state index contributed by atoms with van der Waals surface area (Å²) in [5.41, 5.74) is 8.80. The van der Waals surface area contributed by atoms with E-state index in [1.165, 1.54) is 10.3 Å². The molecule has 1 aliphatic rings. The normalized spacial score (nSPS) is 16.4. The first kappa shape index (κ1) is 16.0. The van der Waals surface area contributed by atoms with Crippen LogP contribution in [0.3, 0.4) is 0 Å². The molecule has 0 saturated heterocycles. The van der Waals surface area contributed by atoms with Crippen molar-refractivity contribution in [2.24, 2.45) is 5.73 Å². The van der Waals surface area contributed by atoms with Crippen molar-refractivity contribution in [2.75, 3.05) is 0 Å². The molecule has 0 amide bonds. The van der Waals surface area contributed by atoms with E-state index in [0.717, 1.165) is 28.0 Å². The summed E-state index contributed by atoms with van der Waals surface area (Å²) in [5.74, 6) is 0.719. The van der Waals surface area contributed by atoms with Crippen molar-refractivity contribution in [3.8, 4) is 11.8 Å². The molecule has 1 aliphatic heterocycles. The van der Waals surface area contributed by atoms with Crippen molar-refractivity contribution in [2.45, 2.75) is 19.3 Å². The molecule has 2 aromatic carbocycles. The van der Waals surface area contributed by atoms with Crippen molar-refractivity contribution in [3.63, 3.8) is 0 Å². The first-order valence-corrected chi connectivity index (χ1v) is 9.20. The Kier molecular flexibility index (Phi) is 3.91. The van der Waals surface area contributed by atoms with E-state index in [1.54, 1.807) is 11.3 Å². The Hall–Kier alpha value is -2.48. The Morgan fingerprint density at radius 3 is 2.68 bits per heavy atom. The van der Waals surface area contributed by atoms with Gasteiger partial charge in [0.15, 0.2) is 5.75 Å². The number of hydrogen-bond acceptors (Lipinski definition) is 4. The van der Waals surface area contributed by atoms with Crippen molar-refractivity contribution in [3.05, 3.63) is 74.9 Å². The molecule has 1 unspecified atom stereocenters. The van der Waals surface area contributed by atoms with Gasteiger partial charge in [-0.2, -0.15) is 5.26 Å². The van der Waals surface area contributed by atoms with Crippen LogP contribution in [0.25, 0.3) is 10.1 Å². The van der Waals surface area contributed by atoms with Gasteiger partial charge in [0.2, 0.25) is 5.88 Å². The number of halogens is 1. The van der Waals surface area contributed by atoms with Gasteiger partial charge in [0, 0.05) is 15.1 Å². The third kappa shape index (κ3) is 2.48. The molecule has 25 heavy (non-hydrogen) atoms. The van der Waals surface area contributed by atoms with Crippen LogP contribution >= 0.6 is 22.9 Å². The second-order valence-corrected chi connectivity index (χ2v) is 7.41. The lowest BCUT2D eigenvalue weighted by molar-refractivity contribution is 0.401. The maximum atomic E-state index is 9.66. The van der Waals surface area contributed by atoms with Gasteiger partial charge in [0.1, 0.15) is 11.6 Å². The molecule has 1 atom stereocenters. The Morgan fingerprint density at radius 2 is 2.00 bits per heavy atom. The van der Waals surface area contributed by atoms with Gasteiger partial charge in [0.05, 0.1) is 10.8 Å². The maximum Gasteiger partial charge on any atom is 0.205 e. The second kappa shape index (κ2) is 6.11. The Balaban J connectivity index is 2.00. The molecular weight excluding hydrogens is 352 g/mol. The zero-order valence-corrected chi connectivity index (χ0v) is 15.1. The lowest BCUT2D eigenvalue weighted by atomic mass is 9.88. The number of nitrogens with two attached hydrogens (primary N) is 1. The van der Waals surface area contributed by atoms with Gasteiger partial charge in [-0.3, -0.25) is 0 Å². The van der Waals surface area contributed by atoms with Crippen molar-refractivity contribution in [1.29, 1.82) is 5.26 Å². The molecular formula is C20H15ClN2OS. The summed E-state index contributed by atoms with van der Waals surface area (Å²) in [7, 11) is 0. The molecule has 3 aromatic rings. The minimum atomic E-state index is -0.229. The van der Waals surface area contributed by atoms with Crippen LogP contribution in [0.2, 0.25) is 5.02 Å². The summed E-state index contributed by atoms with van der Waals surface area (Å²) < 4.78 is 7.08. The molecule has 0 aliphatic carbocycles. The summed E-state index contributed by atoms with van der Waals surface area (Å²) in [5, 5.41) is 11.4. The molecule has 4 rings (SSSR count). The number of nitrogens with zero attached hydrogens (tertiary/aromatic N) is 1. The van der Waals surface area contributed by atoms with Crippen LogP contribution in [0.5, 0.6) is 5.75 Å². The molecule has 124 valence electrons. The molecule has 0 bridgehead atoms. The summed E-state index contributed by atoms with van der Waals surface area (Å²) in [6.07, 6.45) is 0.941. The summed E-state index contributed by atoms with van der Waals surface area (Å²) >= 11 is 7.71. The SMILES string of the molecule is CCc1cccc2c3c(sc12)C(c1ccc(Cl)cc1)C(C#N)=C(N)O3. The minimum Gasteiger partial charge on any atom is -0.439 e. The molecule has 2 heterocycles. The highest BCUT2D eigenvalue weighted by Crippen LogP contribution is 2.51. The topological polar surface area (TPSA) is 59.0 Å². The van der Waals surface area contributed by atoms with Crippen LogP contribution in [-0.2, 0) is 6.42 Å². The summed E-state index contributed by atoms with van der Waals surface area (Å²) in [4.78, 5) is 1.02. The number of benzene rings is 2. The summed E-state index contributed by atoms with van der Waals surface area (Å²) in [6, 6.07) is 16.0. The average Bonchev–Trinajstić information content (AvgIpc) is 2.99. The van der Waals surface area contributed by atoms with Gasteiger partial charge in [-0.15, -0.1) is 11.3 Å². The number of fused-ring (bicyclic) bond motifs is 3. The van der Waals surface area contributed by atoms with E-state index < -0.39 is 0 Å². The zero-order chi connectivity index (χ0) is 17.6. The largest absolute Gasteiger partial charge is 0.439 e. The number of rotatable bonds is 2. The van der Waals surface area contributed by atoms with Crippen LogP contribution in [0.1, 0.15) is 28.8 Å². The highest BCUT2D eigenvalue weighted by Gasteiger charge is 2.34. The van der Waals surface area contributed by atoms with E-state index in [4.69, 9.17) is 22.1 Å². The van der Waals surface area contributed by atoms with Crippen molar-refractivity contribution >= 4 is 33.0 Å².